The number of anilines is 3. The Morgan fingerprint density at radius 2 is 2.09 bits per heavy atom. The predicted octanol–water partition coefficient (Wildman–Crippen LogP) is 4.68. The first-order valence-corrected chi connectivity index (χ1v) is 8.73. The van der Waals surface area contributed by atoms with Gasteiger partial charge in [-0.1, -0.05) is 23.8 Å². The number of allylic oxidation sites excluding steroid dienone is 1. The molecule has 0 saturated carbocycles. The van der Waals surface area contributed by atoms with E-state index in [0.717, 1.165) is 28.9 Å². The number of hydrogen-bond acceptors (Lipinski definition) is 5. The molecule has 0 bridgehead atoms. The monoisotopic (exact) mass is 373 g/mol. The minimum Gasteiger partial charge on any atom is -0.368 e. The van der Waals surface area contributed by atoms with Crippen LogP contribution in [0.5, 0.6) is 0 Å². The van der Waals surface area contributed by atoms with Crippen molar-refractivity contribution in [1.82, 2.24) is 15.2 Å². The van der Waals surface area contributed by atoms with E-state index in [4.69, 9.17) is 0 Å². The lowest BCUT2D eigenvalue weighted by Gasteiger charge is -2.13. The number of halogens is 1. The highest BCUT2D eigenvalue weighted by Crippen LogP contribution is 2.24. The van der Waals surface area contributed by atoms with Gasteiger partial charge in [0.15, 0.2) is 5.82 Å². The number of nitrogens with one attached hydrogen (secondary N) is 2. The Bertz CT molecular complexity index is 686. The van der Waals surface area contributed by atoms with Crippen LogP contribution < -0.4 is 10.6 Å². The molecule has 2 aromatic rings. The van der Waals surface area contributed by atoms with E-state index in [2.05, 4.69) is 47.8 Å². The van der Waals surface area contributed by atoms with Crippen LogP contribution in [0.1, 0.15) is 32.1 Å². The molecule has 6 heteroatoms. The number of para-hydroxylation sites is 1. The van der Waals surface area contributed by atoms with Gasteiger partial charge in [-0.05, 0) is 60.2 Å². The third-order valence-corrected chi connectivity index (χ3v) is 4.51. The summed E-state index contributed by atoms with van der Waals surface area (Å²) in [6.45, 7) is 0.874. The first kappa shape index (κ1) is 15.9. The number of nitrogens with zero attached hydrogens (tertiary/aromatic N) is 3. The quantitative estimate of drug-likeness (QED) is 0.719. The second-order valence-electron chi connectivity index (χ2n) is 5.55. The van der Waals surface area contributed by atoms with Gasteiger partial charge in [-0.3, -0.25) is 0 Å². The lowest BCUT2D eigenvalue weighted by Crippen LogP contribution is -2.08. The molecule has 0 radical (unpaired) electrons. The van der Waals surface area contributed by atoms with E-state index in [1.165, 1.54) is 25.7 Å². The number of benzene rings is 1. The highest BCUT2D eigenvalue weighted by atomic mass is 79.9. The van der Waals surface area contributed by atoms with Crippen LogP contribution in [-0.4, -0.2) is 21.7 Å². The largest absolute Gasteiger partial charge is 0.368 e. The lowest BCUT2D eigenvalue weighted by molar-refractivity contribution is 0.679. The average Bonchev–Trinajstić information content (AvgIpc) is 2.58. The molecule has 2 N–H and O–H groups in total. The molecular weight excluding hydrogens is 354 g/mol. The highest BCUT2D eigenvalue weighted by Gasteiger charge is 2.05. The van der Waals surface area contributed by atoms with Crippen molar-refractivity contribution in [3.05, 3.63) is 46.6 Å². The van der Waals surface area contributed by atoms with Crippen molar-refractivity contribution >= 4 is 33.4 Å². The van der Waals surface area contributed by atoms with Crippen molar-refractivity contribution < 1.29 is 0 Å². The zero-order valence-electron chi connectivity index (χ0n) is 12.9. The van der Waals surface area contributed by atoms with E-state index >= 15 is 0 Å². The number of rotatable bonds is 6. The SMILES string of the molecule is Brc1ccccc1Nc1nncc(NCCC2=CCCCC2)n1. The van der Waals surface area contributed by atoms with Crippen LogP contribution in [0, 0.1) is 0 Å². The third-order valence-electron chi connectivity index (χ3n) is 3.82. The van der Waals surface area contributed by atoms with Crippen molar-refractivity contribution in [1.29, 1.82) is 0 Å². The van der Waals surface area contributed by atoms with E-state index in [0.29, 0.717) is 5.95 Å². The van der Waals surface area contributed by atoms with Crippen LogP contribution in [0.25, 0.3) is 0 Å². The van der Waals surface area contributed by atoms with Crippen LogP contribution >= 0.6 is 15.9 Å². The van der Waals surface area contributed by atoms with Crippen LogP contribution in [-0.2, 0) is 0 Å². The molecule has 0 aliphatic heterocycles. The van der Waals surface area contributed by atoms with Gasteiger partial charge in [0, 0.05) is 11.0 Å². The van der Waals surface area contributed by atoms with Gasteiger partial charge < -0.3 is 10.6 Å². The van der Waals surface area contributed by atoms with E-state index in [1.807, 2.05) is 24.3 Å². The molecule has 3 rings (SSSR count). The predicted molar refractivity (Wildman–Crippen MR) is 96.9 cm³/mol. The van der Waals surface area contributed by atoms with E-state index < -0.39 is 0 Å². The van der Waals surface area contributed by atoms with Gasteiger partial charge in [-0.2, -0.15) is 10.1 Å². The fourth-order valence-corrected chi connectivity index (χ4v) is 2.99. The maximum absolute atomic E-state index is 4.46. The summed E-state index contributed by atoms with van der Waals surface area (Å²) in [5.41, 5.74) is 2.47. The molecule has 1 aromatic carbocycles. The fraction of sp³-hybridized carbons (Fsp3) is 0.353. The molecule has 1 heterocycles. The molecule has 0 amide bonds. The second kappa shape index (κ2) is 8.06. The first-order chi connectivity index (χ1) is 11.3. The average molecular weight is 374 g/mol. The Hall–Kier alpha value is -1.95. The van der Waals surface area contributed by atoms with E-state index in [9.17, 15) is 0 Å². The Balaban J connectivity index is 1.57. The van der Waals surface area contributed by atoms with Crippen LogP contribution in [0.4, 0.5) is 17.5 Å². The van der Waals surface area contributed by atoms with Crippen molar-refractivity contribution in [3.8, 4) is 0 Å². The third kappa shape index (κ3) is 4.76. The van der Waals surface area contributed by atoms with Crippen LogP contribution in [0.3, 0.4) is 0 Å². The van der Waals surface area contributed by atoms with Crippen molar-refractivity contribution in [2.45, 2.75) is 32.1 Å². The maximum Gasteiger partial charge on any atom is 0.249 e. The zero-order valence-corrected chi connectivity index (χ0v) is 14.5. The Morgan fingerprint density at radius 1 is 1.17 bits per heavy atom. The minimum absolute atomic E-state index is 0.485. The van der Waals surface area contributed by atoms with E-state index in [-0.39, 0.29) is 0 Å². The Morgan fingerprint density at radius 3 is 2.91 bits per heavy atom. The first-order valence-electron chi connectivity index (χ1n) is 7.94. The number of aromatic nitrogens is 3. The molecule has 0 saturated heterocycles. The van der Waals surface area contributed by atoms with Gasteiger partial charge in [-0.25, -0.2) is 0 Å². The molecule has 23 heavy (non-hydrogen) atoms. The topological polar surface area (TPSA) is 62.7 Å². The normalized spacial score (nSPS) is 14.2. The molecule has 5 nitrogen and oxygen atoms in total. The zero-order chi connectivity index (χ0) is 15.9. The lowest BCUT2D eigenvalue weighted by atomic mass is 9.97. The van der Waals surface area contributed by atoms with Crippen LogP contribution in [0.15, 0.2) is 46.6 Å². The standard InChI is InChI=1S/C17H20BrN5/c18-14-8-4-5-9-15(14)21-17-22-16(12-20-23-17)19-11-10-13-6-2-1-3-7-13/h4-6,8-9,12H,1-3,7,10-11H2,(H2,19,21,22,23). The van der Waals surface area contributed by atoms with Gasteiger partial charge >= 0.3 is 0 Å². The molecule has 0 atom stereocenters. The van der Waals surface area contributed by atoms with Gasteiger partial charge in [0.05, 0.1) is 11.9 Å². The van der Waals surface area contributed by atoms with Crippen molar-refractivity contribution in [3.63, 3.8) is 0 Å². The summed E-state index contributed by atoms with van der Waals surface area (Å²) in [5.74, 6) is 1.23. The molecular formula is C17H20BrN5. The molecule has 0 unspecified atom stereocenters. The molecule has 1 aromatic heterocycles. The summed E-state index contributed by atoms with van der Waals surface area (Å²) in [7, 11) is 0. The molecule has 120 valence electrons. The van der Waals surface area contributed by atoms with E-state index in [1.54, 1.807) is 11.8 Å². The molecule has 0 spiro atoms. The summed E-state index contributed by atoms with van der Waals surface area (Å²) in [6, 6.07) is 7.85. The van der Waals surface area contributed by atoms with Crippen molar-refractivity contribution in [2.24, 2.45) is 0 Å². The van der Waals surface area contributed by atoms with Gasteiger partial charge in [0.2, 0.25) is 5.95 Å². The van der Waals surface area contributed by atoms with Crippen LogP contribution in [0.2, 0.25) is 0 Å². The Labute approximate surface area is 144 Å². The second-order valence-corrected chi connectivity index (χ2v) is 6.41. The minimum atomic E-state index is 0.485. The summed E-state index contributed by atoms with van der Waals surface area (Å²) in [5, 5.41) is 14.5. The summed E-state index contributed by atoms with van der Waals surface area (Å²) in [6.07, 6.45) is 10.2. The fourth-order valence-electron chi connectivity index (χ4n) is 2.61. The van der Waals surface area contributed by atoms with Gasteiger partial charge in [0.1, 0.15) is 0 Å². The van der Waals surface area contributed by atoms with Gasteiger partial charge in [0.25, 0.3) is 0 Å². The summed E-state index contributed by atoms with van der Waals surface area (Å²) < 4.78 is 0.964. The molecule has 1 aliphatic rings. The van der Waals surface area contributed by atoms with Crippen molar-refractivity contribution in [2.75, 3.05) is 17.2 Å². The molecule has 0 fully saturated rings. The number of hydrogen-bond donors (Lipinski definition) is 2. The highest BCUT2D eigenvalue weighted by molar-refractivity contribution is 9.10. The Kier molecular flexibility index (Phi) is 5.58. The molecule has 1 aliphatic carbocycles. The summed E-state index contributed by atoms with van der Waals surface area (Å²) >= 11 is 3.50. The van der Waals surface area contributed by atoms with Gasteiger partial charge in [-0.15, -0.1) is 5.10 Å². The smallest absolute Gasteiger partial charge is 0.249 e. The summed E-state index contributed by atoms with van der Waals surface area (Å²) in [4.78, 5) is 4.46. The maximum atomic E-state index is 4.46.